The first-order chi connectivity index (χ1) is 11.5. The van der Waals surface area contributed by atoms with Crippen molar-refractivity contribution in [2.75, 3.05) is 19.8 Å². The zero-order valence-electron chi connectivity index (χ0n) is 14.0. The fraction of sp³-hybridized carbons (Fsp3) is 0.611. The number of fused-ring (bicyclic) bond motifs is 1. The Morgan fingerprint density at radius 1 is 1.54 bits per heavy atom. The summed E-state index contributed by atoms with van der Waals surface area (Å²) < 4.78 is 19.0. The van der Waals surface area contributed by atoms with E-state index in [-0.39, 0.29) is 23.9 Å². The second-order valence-corrected chi connectivity index (χ2v) is 6.74. The summed E-state index contributed by atoms with van der Waals surface area (Å²) in [6, 6.07) is 4.37. The summed E-state index contributed by atoms with van der Waals surface area (Å²) in [6.07, 6.45) is 2.71. The quantitative estimate of drug-likeness (QED) is 0.891. The van der Waals surface area contributed by atoms with E-state index in [4.69, 9.17) is 4.74 Å². The molecule has 3 atom stereocenters. The normalized spacial score (nSPS) is 25.0. The summed E-state index contributed by atoms with van der Waals surface area (Å²) in [5.41, 5.74) is 1.99. The summed E-state index contributed by atoms with van der Waals surface area (Å²) in [6.45, 7) is 3.16. The number of aryl methyl sites for hydroxylation is 1. The lowest BCUT2D eigenvalue weighted by molar-refractivity contribution is -0.00493. The Balaban J connectivity index is 1.71. The van der Waals surface area contributed by atoms with Crippen LogP contribution in [0.5, 0.6) is 0 Å². The van der Waals surface area contributed by atoms with E-state index >= 15 is 0 Å². The monoisotopic (exact) mass is 336 g/mol. The van der Waals surface area contributed by atoms with E-state index in [1.54, 1.807) is 11.8 Å². The highest BCUT2D eigenvalue weighted by atomic mass is 19.1. The van der Waals surface area contributed by atoms with Crippen LogP contribution in [0.25, 0.3) is 0 Å². The number of aliphatic hydroxyl groups is 1. The summed E-state index contributed by atoms with van der Waals surface area (Å²) >= 11 is 0. The lowest BCUT2D eigenvalue weighted by Gasteiger charge is -2.38. The number of amides is 2. The molecule has 1 heterocycles. The van der Waals surface area contributed by atoms with Gasteiger partial charge in [0.1, 0.15) is 5.82 Å². The third kappa shape index (κ3) is 3.87. The smallest absolute Gasteiger partial charge is 0.318 e. The number of carbonyl (C=O) groups is 1. The number of morpholine rings is 1. The van der Waals surface area contributed by atoms with Crippen molar-refractivity contribution in [3.63, 3.8) is 0 Å². The first-order valence-corrected chi connectivity index (χ1v) is 8.66. The summed E-state index contributed by atoms with van der Waals surface area (Å²) in [5.74, 6) is -0.270. The van der Waals surface area contributed by atoms with Crippen molar-refractivity contribution in [1.29, 1.82) is 0 Å². The number of halogens is 1. The molecule has 1 fully saturated rings. The molecule has 2 N–H and O–H groups in total. The molecule has 5 nitrogen and oxygen atoms in total. The second kappa shape index (κ2) is 7.49. The van der Waals surface area contributed by atoms with Crippen LogP contribution in [0.4, 0.5) is 9.18 Å². The van der Waals surface area contributed by atoms with Gasteiger partial charge in [0.25, 0.3) is 0 Å². The number of hydrogen-bond acceptors (Lipinski definition) is 3. The van der Waals surface area contributed by atoms with Gasteiger partial charge in [0, 0.05) is 6.54 Å². The van der Waals surface area contributed by atoms with E-state index in [2.05, 4.69) is 5.32 Å². The Labute approximate surface area is 141 Å². The van der Waals surface area contributed by atoms with Gasteiger partial charge in [-0.05, 0) is 55.9 Å². The topological polar surface area (TPSA) is 61.8 Å². The van der Waals surface area contributed by atoms with E-state index in [1.807, 2.05) is 6.07 Å². The van der Waals surface area contributed by atoms with Gasteiger partial charge >= 0.3 is 6.03 Å². The lowest BCUT2D eigenvalue weighted by atomic mass is 9.87. The van der Waals surface area contributed by atoms with Crippen molar-refractivity contribution < 1.29 is 19.0 Å². The van der Waals surface area contributed by atoms with Gasteiger partial charge in [-0.1, -0.05) is 6.07 Å². The minimum Gasteiger partial charge on any atom is -0.393 e. The lowest BCUT2D eigenvalue weighted by Crippen LogP contribution is -2.54. The molecule has 1 aliphatic carbocycles. The highest BCUT2D eigenvalue weighted by Gasteiger charge is 2.31. The van der Waals surface area contributed by atoms with Crippen LogP contribution in [-0.2, 0) is 11.2 Å². The minimum absolute atomic E-state index is 0.130. The van der Waals surface area contributed by atoms with Gasteiger partial charge in [0.05, 0.1) is 31.4 Å². The number of ether oxygens (including phenoxy) is 1. The number of rotatable bonds is 3. The SMILES string of the molecule is C[C@H](O)C[C@@H]1COCCN1C(=O)N[C@H]1CCCc2ccc(F)cc21. The van der Waals surface area contributed by atoms with Gasteiger partial charge in [-0.2, -0.15) is 0 Å². The molecule has 3 rings (SSSR count). The number of aliphatic hydroxyl groups excluding tert-OH is 1. The van der Waals surface area contributed by atoms with Gasteiger partial charge in [-0.3, -0.25) is 0 Å². The van der Waals surface area contributed by atoms with E-state index in [0.717, 1.165) is 30.4 Å². The number of nitrogens with zero attached hydrogens (tertiary/aromatic N) is 1. The molecule has 132 valence electrons. The molecule has 0 saturated carbocycles. The molecule has 0 unspecified atom stereocenters. The molecule has 0 bridgehead atoms. The average Bonchev–Trinajstić information content (AvgIpc) is 2.55. The maximum Gasteiger partial charge on any atom is 0.318 e. The molecule has 1 aromatic carbocycles. The summed E-state index contributed by atoms with van der Waals surface area (Å²) in [4.78, 5) is 14.5. The first-order valence-electron chi connectivity index (χ1n) is 8.66. The number of urea groups is 1. The molecule has 2 aliphatic rings. The molecular weight excluding hydrogens is 311 g/mol. The van der Waals surface area contributed by atoms with Gasteiger partial charge in [-0.25, -0.2) is 9.18 Å². The number of carbonyl (C=O) groups excluding carboxylic acids is 1. The number of hydrogen-bond donors (Lipinski definition) is 2. The van der Waals surface area contributed by atoms with Crippen molar-refractivity contribution in [2.45, 2.75) is 50.8 Å². The zero-order chi connectivity index (χ0) is 17.1. The van der Waals surface area contributed by atoms with Crippen molar-refractivity contribution in [2.24, 2.45) is 0 Å². The van der Waals surface area contributed by atoms with Crippen molar-refractivity contribution >= 4 is 6.03 Å². The van der Waals surface area contributed by atoms with Crippen molar-refractivity contribution in [1.82, 2.24) is 10.2 Å². The molecule has 0 aromatic heterocycles. The highest BCUT2D eigenvalue weighted by molar-refractivity contribution is 5.75. The van der Waals surface area contributed by atoms with Gasteiger partial charge in [0.2, 0.25) is 0 Å². The van der Waals surface area contributed by atoms with Gasteiger partial charge < -0.3 is 20.1 Å². The molecular formula is C18H25FN2O3. The first kappa shape index (κ1) is 17.2. The predicted molar refractivity (Wildman–Crippen MR) is 88.2 cm³/mol. The Bertz CT molecular complexity index is 594. The predicted octanol–water partition coefficient (Wildman–Crippen LogP) is 2.38. The van der Waals surface area contributed by atoms with Crippen LogP contribution in [-0.4, -0.2) is 47.9 Å². The fourth-order valence-corrected chi connectivity index (χ4v) is 3.66. The third-order valence-corrected chi connectivity index (χ3v) is 4.82. The molecule has 24 heavy (non-hydrogen) atoms. The maximum absolute atomic E-state index is 13.6. The van der Waals surface area contributed by atoms with Crippen LogP contribution in [0.15, 0.2) is 18.2 Å². The van der Waals surface area contributed by atoms with Gasteiger partial charge in [-0.15, -0.1) is 0 Å². The average molecular weight is 336 g/mol. The number of benzene rings is 1. The number of nitrogens with one attached hydrogen (secondary N) is 1. The fourth-order valence-electron chi connectivity index (χ4n) is 3.66. The van der Waals surface area contributed by atoms with E-state index < -0.39 is 6.10 Å². The largest absolute Gasteiger partial charge is 0.393 e. The molecule has 1 saturated heterocycles. The Morgan fingerprint density at radius 2 is 2.38 bits per heavy atom. The van der Waals surface area contributed by atoms with Crippen LogP contribution in [0.2, 0.25) is 0 Å². The van der Waals surface area contributed by atoms with E-state index in [9.17, 15) is 14.3 Å². The van der Waals surface area contributed by atoms with E-state index in [1.165, 1.54) is 12.1 Å². The van der Waals surface area contributed by atoms with Crippen LogP contribution in [0, 0.1) is 5.82 Å². The Hall–Kier alpha value is -1.66. The Morgan fingerprint density at radius 3 is 3.17 bits per heavy atom. The van der Waals surface area contributed by atoms with Crippen LogP contribution in [0.3, 0.4) is 0 Å². The summed E-state index contributed by atoms with van der Waals surface area (Å²) in [7, 11) is 0. The molecule has 1 aromatic rings. The molecule has 2 amide bonds. The van der Waals surface area contributed by atoms with Crippen molar-refractivity contribution in [3.05, 3.63) is 35.1 Å². The third-order valence-electron chi connectivity index (χ3n) is 4.82. The molecule has 0 spiro atoms. The van der Waals surface area contributed by atoms with Gasteiger partial charge in [0.15, 0.2) is 0 Å². The molecule has 0 radical (unpaired) electrons. The highest BCUT2D eigenvalue weighted by Crippen LogP contribution is 2.30. The Kier molecular flexibility index (Phi) is 5.36. The maximum atomic E-state index is 13.6. The molecule has 1 aliphatic heterocycles. The zero-order valence-corrected chi connectivity index (χ0v) is 14.0. The second-order valence-electron chi connectivity index (χ2n) is 6.74. The van der Waals surface area contributed by atoms with Crippen molar-refractivity contribution in [3.8, 4) is 0 Å². The van der Waals surface area contributed by atoms with E-state index in [0.29, 0.717) is 26.2 Å². The molecule has 6 heteroatoms. The standard InChI is InChI=1S/C18H25FN2O3/c1-12(22)9-15-11-24-8-7-21(15)18(23)20-17-4-2-3-13-5-6-14(19)10-16(13)17/h5-6,10,12,15,17,22H,2-4,7-9,11H2,1H3,(H,20,23)/t12-,15+,17-/m0/s1. The summed E-state index contributed by atoms with van der Waals surface area (Å²) in [5, 5.41) is 12.7. The van der Waals surface area contributed by atoms with Crippen LogP contribution >= 0.6 is 0 Å². The van der Waals surface area contributed by atoms with Crippen LogP contribution < -0.4 is 5.32 Å². The minimum atomic E-state index is -0.489. The van der Waals surface area contributed by atoms with Crippen LogP contribution in [0.1, 0.15) is 43.4 Å².